The summed E-state index contributed by atoms with van der Waals surface area (Å²) in [6, 6.07) is 22.3. The molecule has 0 N–H and O–H groups in total. The molecule has 1 fully saturated rings. The van der Waals surface area contributed by atoms with Gasteiger partial charge in [0.1, 0.15) is 13.2 Å². The molecule has 0 radical (unpaired) electrons. The Kier molecular flexibility index (Phi) is 11.0. The number of nitrogens with zero attached hydrogens (tertiary/aromatic N) is 2. The Bertz CT molecular complexity index is 1570. The molecule has 1 aliphatic rings. The standard InChI is InChI=1S/C34H32N2O9/c1-40-24-13-11-22(19-26(24)41-2)28-30(33(38)43-17-7-15-35)29(31(28)34(39)44-18-8-16-36)23-12-14-25(27(20-23)42-3)45-32(37)21-9-5-4-6-10-21/h4-6,9-14,19-20,28-31H,7-8,17-18H2,1-3H3. The van der Waals surface area contributed by atoms with Crippen LogP contribution in [0.5, 0.6) is 23.0 Å². The lowest BCUT2D eigenvalue weighted by molar-refractivity contribution is -0.167. The molecule has 0 heterocycles. The summed E-state index contributed by atoms with van der Waals surface area (Å²) in [6.07, 6.45) is -0.00182. The van der Waals surface area contributed by atoms with Gasteiger partial charge in [-0.25, -0.2) is 4.79 Å². The maximum atomic E-state index is 13.6. The van der Waals surface area contributed by atoms with Crippen molar-refractivity contribution in [1.29, 1.82) is 10.5 Å². The van der Waals surface area contributed by atoms with Crippen LogP contribution >= 0.6 is 0 Å². The molecule has 3 aromatic rings. The molecule has 45 heavy (non-hydrogen) atoms. The van der Waals surface area contributed by atoms with E-state index in [4.69, 9.17) is 38.9 Å². The number of esters is 3. The minimum Gasteiger partial charge on any atom is -0.493 e. The molecule has 0 bridgehead atoms. The maximum Gasteiger partial charge on any atom is 0.343 e. The number of hydrogen-bond donors (Lipinski definition) is 0. The predicted molar refractivity (Wildman–Crippen MR) is 159 cm³/mol. The van der Waals surface area contributed by atoms with Crippen LogP contribution < -0.4 is 18.9 Å². The average molecular weight is 613 g/mol. The van der Waals surface area contributed by atoms with E-state index in [-0.39, 0.29) is 37.6 Å². The topological polar surface area (TPSA) is 154 Å². The van der Waals surface area contributed by atoms with Gasteiger partial charge in [0, 0.05) is 11.8 Å². The highest BCUT2D eigenvalue weighted by atomic mass is 16.6. The van der Waals surface area contributed by atoms with E-state index in [1.165, 1.54) is 27.4 Å². The SMILES string of the molecule is COc1ccc(C2C(C(=O)OCCC#N)C(c3ccc(OC(=O)c4ccccc4)c(OC)c3)C2C(=O)OCCC#N)cc1OC. The second-order valence-corrected chi connectivity index (χ2v) is 10.0. The Balaban J connectivity index is 1.77. The first-order valence-corrected chi connectivity index (χ1v) is 14.1. The van der Waals surface area contributed by atoms with Crippen molar-refractivity contribution in [2.75, 3.05) is 34.5 Å². The minimum absolute atomic E-state index is 0.000909. The van der Waals surface area contributed by atoms with Crippen molar-refractivity contribution in [3.63, 3.8) is 0 Å². The number of methoxy groups -OCH3 is 3. The quantitative estimate of drug-likeness (QED) is 0.146. The van der Waals surface area contributed by atoms with E-state index < -0.39 is 41.6 Å². The third-order valence-corrected chi connectivity index (χ3v) is 7.59. The van der Waals surface area contributed by atoms with Crippen LogP contribution in [0.15, 0.2) is 66.7 Å². The summed E-state index contributed by atoms with van der Waals surface area (Å²) < 4.78 is 33.0. The Morgan fingerprint density at radius 2 is 1.11 bits per heavy atom. The molecule has 0 aromatic heterocycles. The molecule has 1 aliphatic carbocycles. The Morgan fingerprint density at radius 1 is 0.644 bits per heavy atom. The van der Waals surface area contributed by atoms with Gasteiger partial charge < -0.3 is 28.4 Å². The fourth-order valence-electron chi connectivity index (χ4n) is 5.52. The van der Waals surface area contributed by atoms with E-state index in [1.54, 1.807) is 60.7 Å². The molecular weight excluding hydrogens is 580 g/mol. The molecular formula is C34H32N2O9. The summed E-state index contributed by atoms with van der Waals surface area (Å²) in [5, 5.41) is 18.0. The largest absolute Gasteiger partial charge is 0.493 e. The normalized spacial score (nSPS) is 18.2. The number of hydrogen-bond acceptors (Lipinski definition) is 11. The first-order chi connectivity index (χ1) is 21.9. The number of rotatable bonds is 13. The smallest absolute Gasteiger partial charge is 0.343 e. The molecule has 2 unspecified atom stereocenters. The van der Waals surface area contributed by atoms with E-state index in [9.17, 15) is 14.4 Å². The van der Waals surface area contributed by atoms with E-state index in [0.717, 1.165) is 0 Å². The van der Waals surface area contributed by atoms with Gasteiger partial charge in [-0.3, -0.25) is 9.59 Å². The van der Waals surface area contributed by atoms with E-state index in [0.29, 0.717) is 28.2 Å². The maximum absolute atomic E-state index is 13.6. The second-order valence-electron chi connectivity index (χ2n) is 10.0. The molecule has 0 amide bonds. The van der Waals surface area contributed by atoms with Crippen molar-refractivity contribution in [2.45, 2.75) is 24.7 Å². The van der Waals surface area contributed by atoms with E-state index in [1.807, 2.05) is 12.1 Å². The van der Waals surface area contributed by atoms with Crippen molar-refractivity contribution in [3.8, 4) is 35.1 Å². The Hall–Kier alpha value is -5.55. The summed E-state index contributed by atoms with van der Waals surface area (Å²) in [5.74, 6) is -3.79. The third-order valence-electron chi connectivity index (χ3n) is 7.59. The second kappa shape index (κ2) is 15.3. The van der Waals surface area contributed by atoms with Crippen LogP contribution in [-0.4, -0.2) is 52.5 Å². The van der Waals surface area contributed by atoms with Crippen molar-refractivity contribution in [1.82, 2.24) is 0 Å². The zero-order valence-corrected chi connectivity index (χ0v) is 25.1. The lowest BCUT2D eigenvalue weighted by atomic mass is 9.52. The number of nitriles is 2. The molecule has 1 saturated carbocycles. The number of carbonyl (C=O) groups excluding carboxylic acids is 3. The highest BCUT2D eigenvalue weighted by Crippen LogP contribution is 2.59. The van der Waals surface area contributed by atoms with Crippen molar-refractivity contribution in [2.24, 2.45) is 11.8 Å². The molecule has 11 nitrogen and oxygen atoms in total. The van der Waals surface area contributed by atoms with Gasteiger partial charge in [0.15, 0.2) is 23.0 Å². The first-order valence-electron chi connectivity index (χ1n) is 14.1. The lowest BCUT2D eigenvalue weighted by Gasteiger charge is -2.49. The molecule has 0 saturated heterocycles. The van der Waals surface area contributed by atoms with E-state index >= 15 is 0 Å². The fourth-order valence-corrected chi connectivity index (χ4v) is 5.52. The molecule has 2 atom stereocenters. The van der Waals surface area contributed by atoms with Crippen LogP contribution in [-0.2, 0) is 19.1 Å². The van der Waals surface area contributed by atoms with Gasteiger partial charge in [0.2, 0.25) is 0 Å². The first kappa shape index (κ1) is 32.4. The van der Waals surface area contributed by atoms with Gasteiger partial charge in [-0.1, -0.05) is 30.3 Å². The minimum atomic E-state index is -0.877. The lowest BCUT2D eigenvalue weighted by Crippen LogP contribution is -2.52. The van der Waals surface area contributed by atoms with Gasteiger partial charge in [-0.2, -0.15) is 10.5 Å². The van der Waals surface area contributed by atoms with Crippen LogP contribution in [0.2, 0.25) is 0 Å². The van der Waals surface area contributed by atoms with E-state index in [2.05, 4.69) is 0 Å². The molecule has 3 aromatic carbocycles. The van der Waals surface area contributed by atoms with Gasteiger partial charge >= 0.3 is 17.9 Å². The summed E-state index contributed by atoms with van der Waals surface area (Å²) in [5.41, 5.74) is 1.49. The molecule has 232 valence electrons. The van der Waals surface area contributed by atoms with Gasteiger partial charge in [-0.05, 0) is 47.5 Å². The molecule has 11 heteroatoms. The van der Waals surface area contributed by atoms with Crippen LogP contribution in [0, 0.1) is 34.5 Å². The van der Waals surface area contributed by atoms with Crippen molar-refractivity contribution >= 4 is 17.9 Å². The highest BCUT2D eigenvalue weighted by molar-refractivity contribution is 5.91. The number of benzene rings is 3. The summed E-state index contributed by atoms with van der Waals surface area (Å²) in [4.78, 5) is 40.0. The van der Waals surface area contributed by atoms with Gasteiger partial charge in [-0.15, -0.1) is 0 Å². The van der Waals surface area contributed by atoms with Crippen LogP contribution in [0.1, 0.15) is 46.2 Å². The van der Waals surface area contributed by atoms with Crippen molar-refractivity contribution < 1.29 is 42.8 Å². The fraction of sp³-hybridized carbons (Fsp3) is 0.324. The van der Waals surface area contributed by atoms with Crippen LogP contribution in [0.25, 0.3) is 0 Å². The molecule has 0 aliphatic heterocycles. The molecule has 0 spiro atoms. The number of carbonyl (C=O) groups is 3. The monoisotopic (exact) mass is 612 g/mol. The summed E-state index contributed by atoms with van der Waals surface area (Å²) >= 11 is 0. The van der Waals surface area contributed by atoms with Crippen LogP contribution in [0.4, 0.5) is 0 Å². The van der Waals surface area contributed by atoms with Gasteiger partial charge in [0.05, 0.1) is 63.7 Å². The Morgan fingerprint density at radius 3 is 1.58 bits per heavy atom. The molecule has 4 rings (SSSR count). The third kappa shape index (κ3) is 7.16. The summed E-state index contributed by atoms with van der Waals surface area (Å²) in [7, 11) is 4.38. The highest BCUT2D eigenvalue weighted by Gasteiger charge is 2.60. The zero-order chi connectivity index (χ0) is 32.3. The number of ether oxygens (including phenoxy) is 6. The van der Waals surface area contributed by atoms with Crippen molar-refractivity contribution in [3.05, 3.63) is 83.4 Å². The van der Waals surface area contributed by atoms with Crippen LogP contribution in [0.3, 0.4) is 0 Å². The Labute approximate surface area is 260 Å². The summed E-state index contributed by atoms with van der Waals surface area (Å²) in [6.45, 7) is -0.238. The average Bonchev–Trinajstić information content (AvgIpc) is 3.05. The predicted octanol–water partition coefficient (Wildman–Crippen LogP) is 4.96. The van der Waals surface area contributed by atoms with Gasteiger partial charge in [0.25, 0.3) is 0 Å². The zero-order valence-electron chi connectivity index (χ0n) is 25.1.